The topological polar surface area (TPSA) is 57.6 Å². The van der Waals surface area contributed by atoms with Gasteiger partial charge in [0.2, 0.25) is 11.8 Å². The van der Waals surface area contributed by atoms with Crippen LogP contribution >= 0.6 is 0 Å². The Labute approximate surface area is 116 Å². The number of hydrogen-bond acceptors (Lipinski definition) is 3. The van der Waals surface area contributed by atoms with Gasteiger partial charge in [-0.25, -0.2) is 4.39 Å². The van der Waals surface area contributed by atoms with Crippen molar-refractivity contribution in [1.82, 2.24) is 4.90 Å². The average molecular weight is 275 g/mol. The van der Waals surface area contributed by atoms with E-state index >= 15 is 0 Å². The van der Waals surface area contributed by atoms with Crippen LogP contribution in [0.2, 0.25) is 0 Å². The smallest absolute Gasteiger partial charge is 0.232 e. The number of aliphatic hydroxyl groups excluding tert-OH is 1. The van der Waals surface area contributed by atoms with E-state index < -0.39 is 5.82 Å². The third-order valence-electron chi connectivity index (χ3n) is 3.17. The number of amides is 2. The van der Waals surface area contributed by atoms with Crippen molar-refractivity contribution >= 4 is 11.8 Å². The molecule has 1 aliphatic rings. The summed E-state index contributed by atoms with van der Waals surface area (Å²) in [6.45, 7) is 1.45. The molecule has 20 heavy (non-hydrogen) atoms. The van der Waals surface area contributed by atoms with Gasteiger partial charge in [-0.3, -0.25) is 14.5 Å². The molecule has 2 rings (SSSR count). The molecule has 1 aliphatic heterocycles. The highest BCUT2D eigenvalue weighted by atomic mass is 19.1. The number of rotatable bonds is 2. The standard InChI is InChI=1S/C15H14FNO3/c1-10-7-14(19)17(15(10)20)9-12-4-5-13(16)8-11(12)3-2-6-18/h4-5,8,10,18H,6-7,9H2,1H3. The van der Waals surface area contributed by atoms with E-state index in [4.69, 9.17) is 5.11 Å². The Bertz CT molecular complexity index is 615. The van der Waals surface area contributed by atoms with Gasteiger partial charge in [0, 0.05) is 17.9 Å². The maximum Gasteiger partial charge on any atom is 0.232 e. The monoisotopic (exact) mass is 275 g/mol. The largest absolute Gasteiger partial charge is 0.384 e. The number of benzene rings is 1. The first-order valence-electron chi connectivity index (χ1n) is 6.25. The van der Waals surface area contributed by atoms with E-state index in [0.29, 0.717) is 11.1 Å². The van der Waals surface area contributed by atoms with E-state index in [1.54, 1.807) is 6.92 Å². The molecule has 0 aromatic heterocycles. The van der Waals surface area contributed by atoms with E-state index in [0.717, 1.165) is 0 Å². The summed E-state index contributed by atoms with van der Waals surface area (Å²) in [5, 5.41) is 8.70. The van der Waals surface area contributed by atoms with E-state index in [2.05, 4.69) is 11.8 Å². The second-order valence-electron chi connectivity index (χ2n) is 4.68. The average Bonchev–Trinajstić information content (AvgIpc) is 2.65. The highest BCUT2D eigenvalue weighted by Crippen LogP contribution is 2.22. The molecule has 5 heteroatoms. The molecule has 1 aromatic rings. The molecule has 1 aromatic carbocycles. The molecule has 1 atom stereocenters. The number of carbonyl (C=O) groups excluding carboxylic acids is 2. The van der Waals surface area contributed by atoms with Crippen molar-refractivity contribution in [2.24, 2.45) is 5.92 Å². The zero-order valence-electron chi connectivity index (χ0n) is 11.0. The maximum atomic E-state index is 13.2. The van der Waals surface area contributed by atoms with Crippen LogP contribution in [0.25, 0.3) is 0 Å². The number of nitrogens with zero attached hydrogens (tertiary/aromatic N) is 1. The first kappa shape index (κ1) is 14.2. The highest BCUT2D eigenvalue weighted by molar-refractivity contribution is 6.03. The summed E-state index contributed by atoms with van der Waals surface area (Å²) in [6, 6.07) is 3.99. The Morgan fingerprint density at radius 1 is 1.45 bits per heavy atom. The molecule has 0 spiro atoms. The van der Waals surface area contributed by atoms with Crippen molar-refractivity contribution in [3.05, 3.63) is 35.1 Å². The number of halogens is 1. The molecule has 1 unspecified atom stereocenters. The van der Waals surface area contributed by atoms with Crippen molar-refractivity contribution in [2.75, 3.05) is 6.61 Å². The normalized spacial score (nSPS) is 18.1. The summed E-state index contributed by atoms with van der Waals surface area (Å²) in [5.41, 5.74) is 0.961. The van der Waals surface area contributed by atoms with Crippen LogP contribution in [0, 0.1) is 23.6 Å². The zero-order chi connectivity index (χ0) is 14.7. The second kappa shape index (κ2) is 5.85. The van der Waals surface area contributed by atoms with Gasteiger partial charge in [-0.1, -0.05) is 24.8 Å². The lowest BCUT2D eigenvalue weighted by molar-refractivity contribution is -0.139. The number of aliphatic hydroxyl groups is 1. The van der Waals surface area contributed by atoms with E-state index in [9.17, 15) is 14.0 Å². The second-order valence-corrected chi connectivity index (χ2v) is 4.68. The lowest BCUT2D eigenvalue weighted by atomic mass is 10.1. The molecule has 0 aliphatic carbocycles. The van der Waals surface area contributed by atoms with Crippen LogP contribution in [0.15, 0.2) is 18.2 Å². The number of hydrogen-bond donors (Lipinski definition) is 1. The Kier molecular flexibility index (Phi) is 4.16. The molecule has 2 amide bonds. The summed E-state index contributed by atoms with van der Waals surface area (Å²) < 4.78 is 13.2. The molecule has 0 bridgehead atoms. The zero-order valence-corrected chi connectivity index (χ0v) is 11.0. The van der Waals surface area contributed by atoms with Crippen LogP contribution in [0.5, 0.6) is 0 Å². The van der Waals surface area contributed by atoms with Crippen molar-refractivity contribution in [2.45, 2.75) is 19.9 Å². The van der Waals surface area contributed by atoms with Crippen LogP contribution in [0.4, 0.5) is 4.39 Å². The summed E-state index contributed by atoms with van der Waals surface area (Å²) in [5.74, 6) is 3.85. The van der Waals surface area contributed by atoms with Crippen LogP contribution in [-0.2, 0) is 16.1 Å². The molecular formula is C15H14FNO3. The maximum absolute atomic E-state index is 13.2. The minimum Gasteiger partial charge on any atom is -0.384 e. The quantitative estimate of drug-likeness (QED) is 0.648. The summed E-state index contributed by atoms with van der Waals surface area (Å²) in [4.78, 5) is 24.8. The molecule has 1 fully saturated rings. The van der Waals surface area contributed by atoms with Crippen molar-refractivity contribution < 1.29 is 19.1 Å². The minimum absolute atomic E-state index is 0.0811. The molecule has 1 saturated heterocycles. The van der Waals surface area contributed by atoms with Gasteiger partial charge in [-0.05, 0) is 17.7 Å². The molecule has 1 N–H and O–H groups in total. The van der Waals surface area contributed by atoms with Gasteiger partial charge in [-0.2, -0.15) is 0 Å². The summed E-state index contributed by atoms with van der Waals surface area (Å²) in [7, 11) is 0. The van der Waals surface area contributed by atoms with E-state index in [1.807, 2.05) is 0 Å². The Balaban J connectivity index is 2.29. The minimum atomic E-state index is -0.455. The Hall–Kier alpha value is -2.19. The predicted molar refractivity (Wildman–Crippen MR) is 69.7 cm³/mol. The Morgan fingerprint density at radius 3 is 2.80 bits per heavy atom. The molecule has 0 saturated carbocycles. The lowest BCUT2D eigenvalue weighted by Gasteiger charge is -2.15. The molecule has 4 nitrogen and oxygen atoms in total. The molecular weight excluding hydrogens is 261 g/mol. The first-order chi connectivity index (χ1) is 9.52. The van der Waals surface area contributed by atoms with E-state index in [-0.39, 0.29) is 37.3 Å². The molecule has 0 radical (unpaired) electrons. The fourth-order valence-corrected chi connectivity index (χ4v) is 2.12. The van der Waals surface area contributed by atoms with Gasteiger partial charge >= 0.3 is 0 Å². The first-order valence-corrected chi connectivity index (χ1v) is 6.25. The van der Waals surface area contributed by atoms with Crippen molar-refractivity contribution in [1.29, 1.82) is 0 Å². The number of carbonyl (C=O) groups is 2. The van der Waals surface area contributed by atoms with Crippen molar-refractivity contribution in [3.8, 4) is 11.8 Å². The van der Waals surface area contributed by atoms with Gasteiger partial charge in [0.1, 0.15) is 12.4 Å². The van der Waals surface area contributed by atoms with Crippen LogP contribution in [-0.4, -0.2) is 28.4 Å². The van der Waals surface area contributed by atoms with Gasteiger partial charge < -0.3 is 5.11 Å². The van der Waals surface area contributed by atoms with Gasteiger partial charge in [0.25, 0.3) is 0 Å². The summed E-state index contributed by atoms with van der Waals surface area (Å²) in [6.07, 6.45) is 0.206. The summed E-state index contributed by atoms with van der Waals surface area (Å²) >= 11 is 0. The molecule has 104 valence electrons. The predicted octanol–water partition coefficient (Wildman–Crippen LogP) is 1.06. The SMILES string of the molecule is CC1CC(=O)N(Cc2ccc(F)cc2C#CCO)C1=O. The van der Waals surface area contributed by atoms with Crippen LogP contribution in [0.3, 0.4) is 0 Å². The fraction of sp³-hybridized carbons (Fsp3) is 0.333. The third-order valence-corrected chi connectivity index (χ3v) is 3.17. The van der Waals surface area contributed by atoms with E-state index in [1.165, 1.54) is 23.1 Å². The van der Waals surface area contributed by atoms with Gasteiger partial charge in [-0.15, -0.1) is 0 Å². The number of likely N-dealkylation sites (tertiary alicyclic amines) is 1. The Morgan fingerprint density at radius 2 is 2.20 bits per heavy atom. The fourth-order valence-electron chi connectivity index (χ4n) is 2.12. The van der Waals surface area contributed by atoms with Gasteiger partial charge in [0.05, 0.1) is 6.54 Å². The third kappa shape index (κ3) is 2.86. The molecule has 1 heterocycles. The highest BCUT2D eigenvalue weighted by Gasteiger charge is 2.35. The van der Waals surface area contributed by atoms with Gasteiger partial charge in [0.15, 0.2) is 0 Å². The lowest BCUT2D eigenvalue weighted by Crippen LogP contribution is -2.30. The number of imide groups is 1. The van der Waals surface area contributed by atoms with Crippen molar-refractivity contribution in [3.63, 3.8) is 0 Å². The van der Waals surface area contributed by atoms with Crippen LogP contribution < -0.4 is 0 Å². The van der Waals surface area contributed by atoms with Crippen LogP contribution in [0.1, 0.15) is 24.5 Å².